The first kappa shape index (κ1) is 21.1. The van der Waals surface area contributed by atoms with Crippen LogP contribution < -0.4 is 5.32 Å². The highest BCUT2D eigenvalue weighted by Crippen LogP contribution is 2.49. The van der Waals surface area contributed by atoms with Gasteiger partial charge in [-0.2, -0.15) is 0 Å². The standard InChI is InChI=1S/C22H38N4O3/c1-16(20-14-18-3-4-19(20)13-18)23-22(28)17(2)25-7-5-24(6-8-25)15-21(27)26-9-11-29-12-10-26/h16-20H,3-15H2,1-2H3,(H,23,28)/t16-,17+,18-,19-,20+/m0/s1. The van der Waals surface area contributed by atoms with E-state index >= 15 is 0 Å². The molecule has 4 fully saturated rings. The van der Waals surface area contributed by atoms with E-state index < -0.39 is 0 Å². The van der Waals surface area contributed by atoms with E-state index in [1.165, 1.54) is 25.7 Å². The molecular weight excluding hydrogens is 368 g/mol. The van der Waals surface area contributed by atoms with Crippen LogP contribution in [0.3, 0.4) is 0 Å². The number of amides is 2. The van der Waals surface area contributed by atoms with Gasteiger partial charge in [-0.1, -0.05) is 6.42 Å². The Morgan fingerprint density at radius 3 is 2.34 bits per heavy atom. The van der Waals surface area contributed by atoms with Crippen LogP contribution in [0.1, 0.15) is 39.5 Å². The molecule has 7 heteroatoms. The molecule has 2 saturated heterocycles. The normalized spacial score (nSPS) is 32.9. The topological polar surface area (TPSA) is 65.1 Å². The van der Waals surface area contributed by atoms with Gasteiger partial charge in [0.05, 0.1) is 25.8 Å². The molecule has 164 valence electrons. The molecule has 0 spiro atoms. The van der Waals surface area contributed by atoms with E-state index in [1.54, 1.807) is 0 Å². The Balaban J connectivity index is 1.18. The van der Waals surface area contributed by atoms with Crippen LogP contribution in [0.25, 0.3) is 0 Å². The first-order chi connectivity index (χ1) is 14.0. The summed E-state index contributed by atoms with van der Waals surface area (Å²) in [5.41, 5.74) is 0. The Morgan fingerprint density at radius 1 is 1.00 bits per heavy atom. The lowest BCUT2D eigenvalue weighted by molar-refractivity contribution is -0.137. The quantitative estimate of drug-likeness (QED) is 0.707. The zero-order chi connectivity index (χ0) is 20.4. The minimum atomic E-state index is -0.104. The number of nitrogens with zero attached hydrogens (tertiary/aromatic N) is 3. The van der Waals surface area contributed by atoms with Gasteiger partial charge in [0.1, 0.15) is 0 Å². The van der Waals surface area contributed by atoms with Crippen LogP contribution in [-0.4, -0.2) is 97.6 Å². The van der Waals surface area contributed by atoms with Crippen LogP contribution in [0.15, 0.2) is 0 Å². The summed E-state index contributed by atoms with van der Waals surface area (Å²) in [6.45, 7) is 10.8. The molecule has 0 radical (unpaired) electrons. The van der Waals surface area contributed by atoms with Crippen LogP contribution in [-0.2, 0) is 14.3 Å². The zero-order valence-electron chi connectivity index (χ0n) is 18.1. The number of carbonyl (C=O) groups is 2. The number of piperazine rings is 1. The van der Waals surface area contributed by atoms with Gasteiger partial charge >= 0.3 is 0 Å². The summed E-state index contributed by atoms with van der Waals surface area (Å²) < 4.78 is 5.32. The molecule has 5 atom stereocenters. The van der Waals surface area contributed by atoms with Crippen LogP contribution >= 0.6 is 0 Å². The number of rotatable bonds is 6. The number of morpholine rings is 1. The molecule has 2 aliphatic heterocycles. The van der Waals surface area contributed by atoms with Crippen LogP contribution in [0.5, 0.6) is 0 Å². The maximum absolute atomic E-state index is 12.8. The predicted molar refractivity (Wildman–Crippen MR) is 111 cm³/mol. The van der Waals surface area contributed by atoms with Crippen molar-refractivity contribution in [1.29, 1.82) is 0 Å². The summed E-state index contributed by atoms with van der Waals surface area (Å²) in [6.07, 6.45) is 5.44. The monoisotopic (exact) mass is 406 g/mol. The highest BCUT2D eigenvalue weighted by molar-refractivity contribution is 5.81. The van der Waals surface area contributed by atoms with Crippen molar-refractivity contribution in [2.24, 2.45) is 17.8 Å². The molecule has 4 aliphatic rings. The van der Waals surface area contributed by atoms with Crippen molar-refractivity contribution in [2.45, 2.75) is 51.6 Å². The second-order valence-corrected chi connectivity index (χ2v) is 9.62. The third-order valence-corrected chi connectivity index (χ3v) is 7.86. The maximum Gasteiger partial charge on any atom is 0.237 e. The largest absolute Gasteiger partial charge is 0.378 e. The molecule has 2 bridgehead atoms. The molecule has 0 aromatic heterocycles. The lowest BCUT2D eigenvalue weighted by Crippen LogP contribution is -2.56. The van der Waals surface area contributed by atoms with Gasteiger partial charge in [-0.3, -0.25) is 19.4 Å². The number of fused-ring (bicyclic) bond motifs is 2. The molecule has 2 amide bonds. The Bertz CT molecular complexity index is 587. The number of hydrogen-bond donors (Lipinski definition) is 1. The summed E-state index contributed by atoms with van der Waals surface area (Å²) >= 11 is 0. The Kier molecular flexibility index (Phi) is 6.76. The van der Waals surface area contributed by atoms with Crippen molar-refractivity contribution < 1.29 is 14.3 Å². The van der Waals surface area contributed by atoms with Gasteiger partial charge in [0, 0.05) is 45.3 Å². The van der Waals surface area contributed by atoms with Crippen molar-refractivity contribution in [3.8, 4) is 0 Å². The lowest BCUT2D eigenvalue weighted by atomic mass is 9.84. The van der Waals surface area contributed by atoms with E-state index in [1.807, 2.05) is 11.8 Å². The van der Waals surface area contributed by atoms with Gasteiger partial charge in [0.15, 0.2) is 0 Å². The number of hydrogen-bond acceptors (Lipinski definition) is 5. The fourth-order valence-corrected chi connectivity index (χ4v) is 5.94. The second-order valence-electron chi connectivity index (χ2n) is 9.62. The van der Waals surface area contributed by atoms with E-state index in [0.717, 1.165) is 38.0 Å². The number of carbonyl (C=O) groups excluding carboxylic acids is 2. The van der Waals surface area contributed by atoms with Crippen LogP contribution in [0.4, 0.5) is 0 Å². The molecule has 2 heterocycles. The lowest BCUT2D eigenvalue weighted by Gasteiger charge is -2.38. The molecule has 0 aromatic carbocycles. The van der Waals surface area contributed by atoms with Gasteiger partial charge in [0.2, 0.25) is 11.8 Å². The maximum atomic E-state index is 12.8. The van der Waals surface area contributed by atoms with E-state index in [9.17, 15) is 9.59 Å². The molecule has 29 heavy (non-hydrogen) atoms. The fourth-order valence-electron chi connectivity index (χ4n) is 5.94. The van der Waals surface area contributed by atoms with Gasteiger partial charge in [-0.25, -0.2) is 0 Å². The smallest absolute Gasteiger partial charge is 0.237 e. The minimum Gasteiger partial charge on any atom is -0.378 e. The molecule has 4 rings (SSSR count). The summed E-state index contributed by atoms with van der Waals surface area (Å²) in [5, 5.41) is 3.32. The summed E-state index contributed by atoms with van der Waals surface area (Å²) in [5.74, 6) is 2.78. The fraction of sp³-hybridized carbons (Fsp3) is 0.909. The minimum absolute atomic E-state index is 0.104. The van der Waals surface area contributed by atoms with Crippen LogP contribution in [0.2, 0.25) is 0 Å². The second kappa shape index (κ2) is 9.31. The molecule has 1 N–H and O–H groups in total. The Labute approximate surface area is 175 Å². The first-order valence-electron chi connectivity index (χ1n) is 11.6. The van der Waals surface area contributed by atoms with Gasteiger partial charge in [0.25, 0.3) is 0 Å². The molecule has 2 saturated carbocycles. The summed E-state index contributed by atoms with van der Waals surface area (Å²) in [7, 11) is 0. The highest BCUT2D eigenvalue weighted by atomic mass is 16.5. The van der Waals surface area contributed by atoms with E-state index in [2.05, 4.69) is 22.0 Å². The van der Waals surface area contributed by atoms with Crippen molar-refractivity contribution >= 4 is 11.8 Å². The van der Waals surface area contributed by atoms with Crippen molar-refractivity contribution in [1.82, 2.24) is 20.0 Å². The van der Waals surface area contributed by atoms with Crippen LogP contribution in [0, 0.1) is 17.8 Å². The highest BCUT2D eigenvalue weighted by Gasteiger charge is 2.42. The van der Waals surface area contributed by atoms with Crippen molar-refractivity contribution in [3.05, 3.63) is 0 Å². The van der Waals surface area contributed by atoms with E-state index in [-0.39, 0.29) is 23.9 Å². The van der Waals surface area contributed by atoms with E-state index in [4.69, 9.17) is 4.74 Å². The number of ether oxygens (including phenoxy) is 1. The molecule has 2 aliphatic carbocycles. The van der Waals surface area contributed by atoms with Crippen molar-refractivity contribution in [3.63, 3.8) is 0 Å². The summed E-state index contributed by atoms with van der Waals surface area (Å²) in [4.78, 5) is 31.7. The third kappa shape index (κ3) is 4.94. The van der Waals surface area contributed by atoms with Gasteiger partial charge in [-0.15, -0.1) is 0 Å². The average Bonchev–Trinajstić information content (AvgIpc) is 3.38. The van der Waals surface area contributed by atoms with Crippen molar-refractivity contribution in [2.75, 3.05) is 59.0 Å². The molecule has 7 nitrogen and oxygen atoms in total. The average molecular weight is 407 g/mol. The van der Waals surface area contributed by atoms with Gasteiger partial charge < -0.3 is 15.0 Å². The van der Waals surface area contributed by atoms with Gasteiger partial charge in [-0.05, 0) is 50.9 Å². The Morgan fingerprint density at radius 2 is 1.72 bits per heavy atom. The molecule has 0 unspecified atom stereocenters. The first-order valence-corrected chi connectivity index (χ1v) is 11.6. The number of nitrogens with one attached hydrogen (secondary N) is 1. The predicted octanol–water partition coefficient (Wildman–Crippen LogP) is 0.792. The molecule has 0 aromatic rings. The molecular formula is C22H38N4O3. The SMILES string of the molecule is C[C@H](NC(=O)[C@@H](C)N1CCN(CC(=O)N2CCOCC2)CC1)[C@H]1C[C@H]2CC[C@H]1C2. The zero-order valence-corrected chi connectivity index (χ0v) is 18.1. The Hall–Kier alpha value is -1.18. The summed E-state index contributed by atoms with van der Waals surface area (Å²) in [6, 6.07) is 0.181. The van der Waals surface area contributed by atoms with E-state index in [0.29, 0.717) is 38.8 Å². The third-order valence-electron chi connectivity index (χ3n) is 7.86.